The van der Waals surface area contributed by atoms with Gasteiger partial charge in [-0.2, -0.15) is 0 Å². The molecule has 0 fully saturated rings. The normalized spacial score (nSPS) is 13.2. The standard InChI is InChI=1S/C75H120O6/c1-4-7-10-13-16-19-22-25-27-28-29-30-31-32-33-34-35-36-37-38-39-40-41-42-43-44-45-46-48-50-53-56-59-62-65-68-74(77)80-71-72(70-79-73(76)67-64-61-58-55-52-49-24-21-18-15-12-9-6-3)81-75(78)69-66-63-60-57-54-51-47-26-23-20-17-14-11-8-5-2/h7,10,12,15-17,19-21,24-27,29-30,32-33,35-36,38-39,41-42,44-45,47,72H,4-6,8-9,11,13-14,18,22-23,28,31,34,37,40,43,46,48-71H2,1-3H3/b10-7-,15-12-,19-16-,20-17-,24-21-,27-25-,30-29-,33-32-,36-35-,39-38-,42-41-,45-44-,47-26-. The molecule has 0 aromatic carbocycles. The summed E-state index contributed by atoms with van der Waals surface area (Å²) in [6.45, 7) is 6.40. The topological polar surface area (TPSA) is 78.9 Å². The highest BCUT2D eigenvalue weighted by Crippen LogP contribution is 2.14. The lowest BCUT2D eigenvalue weighted by atomic mass is 10.1. The molecule has 456 valence electrons. The first-order chi connectivity index (χ1) is 40.0. The number of carbonyl (C=O) groups is 3. The highest BCUT2D eigenvalue weighted by molar-refractivity contribution is 5.71. The maximum Gasteiger partial charge on any atom is 0.306 e. The van der Waals surface area contributed by atoms with Crippen LogP contribution in [0.1, 0.15) is 278 Å². The van der Waals surface area contributed by atoms with Crippen molar-refractivity contribution in [1.29, 1.82) is 0 Å². The van der Waals surface area contributed by atoms with E-state index in [0.717, 1.165) is 180 Å². The Morgan fingerprint density at radius 1 is 0.259 bits per heavy atom. The molecular formula is C75H120O6. The molecule has 0 saturated carbocycles. The molecule has 0 aromatic rings. The first kappa shape index (κ1) is 76.0. The van der Waals surface area contributed by atoms with Crippen molar-refractivity contribution in [1.82, 2.24) is 0 Å². The second-order valence-electron chi connectivity index (χ2n) is 21.3. The highest BCUT2D eigenvalue weighted by Gasteiger charge is 2.19. The molecule has 1 unspecified atom stereocenters. The number of allylic oxidation sites excluding steroid dienone is 26. The zero-order valence-corrected chi connectivity index (χ0v) is 52.2. The Morgan fingerprint density at radius 2 is 0.506 bits per heavy atom. The minimum Gasteiger partial charge on any atom is -0.462 e. The van der Waals surface area contributed by atoms with Gasteiger partial charge < -0.3 is 14.2 Å². The Labute approximate surface area is 499 Å². The fourth-order valence-corrected chi connectivity index (χ4v) is 8.56. The van der Waals surface area contributed by atoms with E-state index in [1.165, 1.54) is 57.8 Å². The van der Waals surface area contributed by atoms with Crippen LogP contribution in [-0.4, -0.2) is 37.2 Å². The van der Waals surface area contributed by atoms with Gasteiger partial charge in [0.2, 0.25) is 0 Å². The monoisotopic (exact) mass is 1120 g/mol. The average Bonchev–Trinajstić information content (AvgIpc) is 3.46. The van der Waals surface area contributed by atoms with Crippen molar-refractivity contribution in [2.75, 3.05) is 13.2 Å². The van der Waals surface area contributed by atoms with Gasteiger partial charge in [0.25, 0.3) is 0 Å². The molecule has 0 amide bonds. The fraction of sp³-hybridized carbons (Fsp3) is 0.613. The number of esters is 3. The molecule has 0 aliphatic rings. The van der Waals surface area contributed by atoms with E-state index in [9.17, 15) is 14.4 Å². The number of hydrogen-bond acceptors (Lipinski definition) is 6. The molecule has 81 heavy (non-hydrogen) atoms. The van der Waals surface area contributed by atoms with Gasteiger partial charge in [-0.25, -0.2) is 0 Å². The summed E-state index contributed by atoms with van der Waals surface area (Å²) >= 11 is 0. The number of rotatable bonds is 58. The lowest BCUT2D eigenvalue weighted by Gasteiger charge is -2.18. The predicted octanol–water partition coefficient (Wildman–Crippen LogP) is 22.9. The van der Waals surface area contributed by atoms with Crippen LogP contribution in [0.15, 0.2) is 158 Å². The second-order valence-corrected chi connectivity index (χ2v) is 21.3. The molecule has 0 saturated heterocycles. The maximum atomic E-state index is 12.9. The molecule has 6 heteroatoms. The summed E-state index contributed by atoms with van der Waals surface area (Å²) in [4.78, 5) is 38.3. The molecule has 0 spiro atoms. The third kappa shape index (κ3) is 65.7. The Hall–Kier alpha value is -4.97. The zero-order valence-electron chi connectivity index (χ0n) is 52.2. The van der Waals surface area contributed by atoms with Crippen LogP contribution in [0, 0.1) is 0 Å². The van der Waals surface area contributed by atoms with Crippen molar-refractivity contribution < 1.29 is 28.6 Å². The van der Waals surface area contributed by atoms with Gasteiger partial charge in [0, 0.05) is 19.3 Å². The van der Waals surface area contributed by atoms with Crippen LogP contribution in [0.25, 0.3) is 0 Å². The number of ether oxygens (including phenoxy) is 3. The molecule has 0 rings (SSSR count). The van der Waals surface area contributed by atoms with Crippen LogP contribution < -0.4 is 0 Å². The summed E-state index contributed by atoms with van der Waals surface area (Å²) in [6, 6.07) is 0. The van der Waals surface area contributed by atoms with Crippen molar-refractivity contribution >= 4 is 17.9 Å². The molecule has 0 aliphatic heterocycles. The zero-order chi connectivity index (χ0) is 58.5. The SMILES string of the molecule is CC/C=C\C/C=C\C/C=C\C/C=C\C/C=C\C/C=C\C/C=C\C/C=C\C/C=C\CCCCCCCCCC(=O)OCC(COC(=O)CCCCCCC/C=C\C/C=C\CCC)OC(=O)CCCCCCC/C=C\C/C=C\CCCCC. The van der Waals surface area contributed by atoms with Crippen LogP contribution >= 0.6 is 0 Å². The predicted molar refractivity (Wildman–Crippen MR) is 352 cm³/mol. The van der Waals surface area contributed by atoms with Crippen molar-refractivity contribution in [2.45, 2.75) is 284 Å². The van der Waals surface area contributed by atoms with Crippen LogP contribution in [0.3, 0.4) is 0 Å². The molecule has 0 aliphatic carbocycles. The van der Waals surface area contributed by atoms with Crippen LogP contribution in [-0.2, 0) is 28.6 Å². The summed E-state index contributed by atoms with van der Waals surface area (Å²) in [6.07, 6.45) is 98.2. The third-order valence-electron chi connectivity index (χ3n) is 13.5. The smallest absolute Gasteiger partial charge is 0.306 e. The van der Waals surface area contributed by atoms with E-state index in [1.54, 1.807) is 0 Å². The molecule has 1 atom stereocenters. The fourth-order valence-electron chi connectivity index (χ4n) is 8.56. The summed E-state index contributed by atoms with van der Waals surface area (Å²) in [5.74, 6) is -0.940. The summed E-state index contributed by atoms with van der Waals surface area (Å²) in [5.41, 5.74) is 0. The lowest BCUT2D eigenvalue weighted by Crippen LogP contribution is -2.30. The van der Waals surface area contributed by atoms with Crippen LogP contribution in [0.2, 0.25) is 0 Å². The minimum absolute atomic E-state index is 0.0993. The van der Waals surface area contributed by atoms with Gasteiger partial charge in [-0.1, -0.05) is 269 Å². The van der Waals surface area contributed by atoms with Gasteiger partial charge in [0.1, 0.15) is 13.2 Å². The van der Waals surface area contributed by atoms with Gasteiger partial charge in [-0.15, -0.1) is 0 Å². The molecule has 0 radical (unpaired) electrons. The largest absolute Gasteiger partial charge is 0.462 e. The van der Waals surface area contributed by atoms with Crippen molar-refractivity contribution in [3.05, 3.63) is 158 Å². The van der Waals surface area contributed by atoms with E-state index < -0.39 is 6.10 Å². The van der Waals surface area contributed by atoms with Gasteiger partial charge in [0.15, 0.2) is 6.10 Å². The Kier molecular flexibility index (Phi) is 63.4. The molecule has 0 bridgehead atoms. The van der Waals surface area contributed by atoms with Crippen molar-refractivity contribution in [3.63, 3.8) is 0 Å². The molecule has 0 N–H and O–H groups in total. The average molecular weight is 1120 g/mol. The van der Waals surface area contributed by atoms with Crippen LogP contribution in [0.5, 0.6) is 0 Å². The third-order valence-corrected chi connectivity index (χ3v) is 13.5. The van der Waals surface area contributed by atoms with E-state index in [2.05, 4.69) is 179 Å². The van der Waals surface area contributed by atoms with Crippen molar-refractivity contribution in [3.8, 4) is 0 Å². The summed E-state index contributed by atoms with van der Waals surface area (Å²) < 4.78 is 16.9. The van der Waals surface area contributed by atoms with E-state index >= 15 is 0 Å². The Morgan fingerprint density at radius 3 is 0.802 bits per heavy atom. The molecular weight excluding hydrogens is 997 g/mol. The van der Waals surface area contributed by atoms with Gasteiger partial charge in [0.05, 0.1) is 0 Å². The molecule has 0 aromatic heterocycles. The van der Waals surface area contributed by atoms with E-state index in [1.807, 2.05) is 0 Å². The van der Waals surface area contributed by atoms with Gasteiger partial charge in [-0.3, -0.25) is 14.4 Å². The number of hydrogen-bond donors (Lipinski definition) is 0. The van der Waals surface area contributed by atoms with E-state index in [0.29, 0.717) is 19.3 Å². The van der Waals surface area contributed by atoms with Gasteiger partial charge >= 0.3 is 17.9 Å². The Balaban J connectivity index is 4.29. The minimum atomic E-state index is -0.803. The van der Waals surface area contributed by atoms with E-state index in [-0.39, 0.29) is 31.1 Å². The Bertz CT molecular complexity index is 1810. The van der Waals surface area contributed by atoms with Crippen molar-refractivity contribution in [2.24, 2.45) is 0 Å². The molecule has 6 nitrogen and oxygen atoms in total. The number of unbranched alkanes of at least 4 members (excludes halogenated alkanes) is 21. The maximum absolute atomic E-state index is 12.9. The molecule has 0 heterocycles. The van der Waals surface area contributed by atoms with E-state index in [4.69, 9.17) is 14.2 Å². The lowest BCUT2D eigenvalue weighted by molar-refractivity contribution is -0.167. The van der Waals surface area contributed by atoms with Crippen LogP contribution in [0.4, 0.5) is 0 Å². The summed E-state index contributed by atoms with van der Waals surface area (Å²) in [7, 11) is 0. The number of carbonyl (C=O) groups excluding carboxylic acids is 3. The highest BCUT2D eigenvalue weighted by atomic mass is 16.6. The quantitative estimate of drug-likeness (QED) is 0.0261. The van der Waals surface area contributed by atoms with Gasteiger partial charge in [-0.05, 0) is 148 Å². The second kappa shape index (κ2) is 67.5. The summed E-state index contributed by atoms with van der Waals surface area (Å²) in [5, 5.41) is 0. The first-order valence-corrected chi connectivity index (χ1v) is 33.0. The first-order valence-electron chi connectivity index (χ1n) is 33.0.